The summed E-state index contributed by atoms with van der Waals surface area (Å²) in [5.74, 6) is -0.517. The molecule has 1 unspecified atom stereocenters. The first kappa shape index (κ1) is 14.0. The quantitative estimate of drug-likeness (QED) is 0.874. The van der Waals surface area contributed by atoms with E-state index in [1.54, 1.807) is 18.3 Å². The van der Waals surface area contributed by atoms with Gasteiger partial charge in [-0.15, -0.1) is 11.3 Å². The van der Waals surface area contributed by atoms with Gasteiger partial charge in [-0.2, -0.15) is 0 Å². The van der Waals surface area contributed by atoms with Crippen molar-refractivity contribution in [3.8, 4) is 0 Å². The van der Waals surface area contributed by atoms with E-state index in [0.29, 0.717) is 21.6 Å². The highest BCUT2D eigenvalue weighted by Gasteiger charge is 2.20. The van der Waals surface area contributed by atoms with E-state index in [4.69, 9.17) is 5.11 Å². The third-order valence-corrected chi connectivity index (χ3v) is 4.82. The molecule has 0 saturated heterocycles. The second-order valence-electron chi connectivity index (χ2n) is 4.62. The topological polar surface area (TPSA) is 62.2 Å². The Balaban J connectivity index is 2.23. The molecule has 6 heteroatoms. The molecule has 0 aliphatic heterocycles. The second kappa shape index (κ2) is 5.71. The van der Waals surface area contributed by atoms with E-state index in [-0.39, 0.29) is 6.04 Å². The zero-order valence-corrected chi connectivity index (χ0v) is 12.6. The Kier molecular flexibility index (Phi) is 4.21. The maximum atomic E-state index is 11.0. The average Bonchev–Trinajstić information content (AvgIpc) is 2.94. The molecule has 2 N–H and O–H groups in total. The van der Waals surface area contributed by atoms with Crippen LogP contribution in [0.5, 0.6) is 0 Å². The van der Waals surface area contributed by atoms with Crippen LogP contribution in [0.15, 0.2) is 17.5 Å². The zero-order valence-electron chi connectivity index (χ0n) is 11.0. The van der Waals surface area contributed by atoms with E-state index in [0.717, 1.165) is 0 Å². The van der Waals surface area contributed by atoms with Crippen LogP contribution in [0.1, 0.15) is 40.1 Å². The van der Waals surface area contributed by atoms with Gasteiger partial charge in [-0.25, -0.2) is 9.78 Å². The predicted molar refractivity (Wildman–Crippen MR) is 79.3 cm³/mol. The van der Waals surface area contributed by atoms with Gasteiger partial charge in [0.1, 0.15) is 4.88 Å². The minimum atomic E-state index is -0.916. The number of hydrogen-bond acceptors (Lipinski definition) is 5. The van der Waals surface area contributed by atoms with E-state index >= 15 is 0 Å². The van der Waals surface area contributed by atoms with Gasteiger partial charge in [0.05, 0.1) is 11.7 Å². The third kappa shape index (κ3) is 3.13. The monoisotopic (exact) mass is 296 g/mol. The number of aryl methyl sites for hydroxylation is 1. The summed E-state index contributed by atoms with van der Waals surface area (Å²) >= 11 is 2.89. The number of aromatic nitrogens is 1. The molecule has 0 fully saturated rings. The van der Waals surface area contributed by atoms with Crippen LogP contribution in [0.2, 0.25) is 0 Å². The molecule has 19 heavy (non-hydrogen) atoms. The van der Waals surface area contributed by atoms with Gasteiger partial charge in [-0.1, -0.05) is 31.3 Å². The van der Waals surface area contributed by atoms with Gasteiger partial charge >= 0.3 is 5.97 Å². The number of carboxylic acids is 1. The summed E-state index contributed by atoms with van der Waals surface area (Å²) in [5.41, 5.74) is 0.564. The molecule has 0 spiro atoms. The van der Waals surface area contributed by atoms with E-state index in [1.807, 2.05) is 11.4 Å². The molecule has 2 aromatic rings. The molecule has 0 amide bonds. The Labute approximate surface area is 120 Å². The Morgan fingerprint density at radius 3 is 2.68 bits per heavy atom. The summed E-state index contributed by atoms with van der Waals surface area (Å²) in [5, 5.41) is 15.1. The first-order chi connectivity index (χ1) is 8.99. The number of hydrogen-bond donors (Lipinski definition) is 2. The Hall–Kier alpha value is -1.40. The second-order valence-corrected chi connectivity index (χ2v) is 6.60. The van der Waals surface area contributed by atoms with Crippen molar-refractivity contribution in [1.82, 2.24) is 4.98 Å². The van der Waals surface area contributed by atoms with E-state index in [1.165, 1.54) is 16.2 Å². The minimum Gasteiger partial charge on any atom is -0.477 e. The third-order valence-electron chi connectivity index (χ3n) is 2.79. The van der Waals surface area contributed by atoms with Crippen LogP contribution < -0.4 is 5.32 Å². The van der Waals surface area contributed by atoms with Crippen LogP contribution in [0.4, 0.5) is 5.13 Å². The maximum Gasteiger partial charge on any atom is 0.347 e. The SMILES string of the molecule is Cc1nc(NC(c2cccs2)C(C)C)sc1C(=O)O. The van der Waals surface area contributed by atoms with Crippen molar-refractivity contribution in [2.75, 3.05) is 5.32 Å². The van der Waals surface area contributed by atoms with Gasteiger partial charge in [0, 0.05) is 4.88 Å². The first-order valence-corrected chi connectivity index (χ1v) is 7.69. The van der Waals surface area contributed by atoms with E-state index in [9.17, 15) is 4.79 Å². The van der Waals surface area contributed by atoms with E-state index in [2.05, 4.69) is 30.2 Å². The standard InChI is InChI=1S/C13H16N2O2S2/c1-7(2)10(9-5-4-6-18-9)15-13-14-8(3)11(19-13)12(16)17/h4-7,10H,1-3H3,(H,14,15)(H,16,17). The summed E-state index contributed by atoms with van der Waals surface area (Å²) in [6.45, 7) is 5.99. The molecule has 0 aliphatic carbocycles. The number of aromatic carboxylic acids is 1. The number of anilines is 1. The molecule has 2 heterocycles. The van der Waals surface area contributed by atoms with Crippen molar-refractivity contribution >= 4 is 33.8 Å². The number of rotatable bonds is 5. The maximum absolute atomic E-state index is 11.0. The van der Waals surface area contributed by atoms with Crippen LogP contribution in [0.25, 0.3) is 0 Å². The Morgan fingerprint density at radius 2 is 2.21 bits per heavy atom. The van der Waals surface area contributed by atoms with Crippen LogP contribution in [0, 0.1) is 12.8 Å². The molecule has 4 nitrogen and oxygen atoms in total. The zero-order chi connectivity index (χ0) is 14.0. The molecule has 2 rings (SSSR count). The number of thiophene rings is 1. The Morgan fingerprint density at radius 1 is 1.47 bits per heavy atom. The largest absolute Gasteiger partial charge is 0.477 e. The molecule has 0 radical (unpaired) electrons. The molecule has 2 aromatic heterocycles. The molecule has 0 bridgehead atoms. The van der Waals surface area contributed by atoms with Crippen LogP contribution >= 0.6 is 22.7 Å². The minimum absolute atomic E-state index is 0.159. The lowest BCUT2D eigenvalue weighted by atomic mass is 10.0. The van der Waals surface area contributed by atoms with Gasteiger partial charge in [-0.05, 0) is 24.3 Å². The van der Waals surface area contributed by atoms with Crippen molar-refractivity contribution in [2.45, 2.75) is 26.8 Å². The highest BCUT2D eigenvalue weighted by atomic mass is 32.1. The van der Waals surface area contributed by atoms with Gasteiger partial charge in [0.25, 0.3) is 0 Å². The van der Waals surface area contributed by atoms with E-state index < -0.39 is 5.97 Å². The number of carbonyl (C=O) groups is 1. The average molecular weight is 296 g/mol. The summed E-state index contributed by atoms with van der Waals surface area (Å²) in [4.78, 5) is 16.9. The van der Waals surface area contributed by atoms with Gasteiger partial charge < -0.3 is 10.4 Å². The van der Waals surface area contributed by atoms with Crippen LogP contribution in [-0.4, -0.2) is 16.1 Å². The van der Waals surface area contributed by atoms with Gasteiger partial charge in [0.2, 0.25) is 0 Å². The first-order valence-electron chi connectivity index (χ1n) is 5.99. The fraction of sp³-hybridized carbons (Fsp3) is 0.385. The predicted octanol–water partition coefficient (Wildman–Crippen LogP) is 4.02. The highest BCUT2D eigenvalue weighted by molar-refractivity contribution is 7.17. The summed E-state index contributed by atoms with van der Waals surface area (Å²) < 4.78 is 0. The molecular formula is C13H16N2O2S2. The lowest BCUT2D eigenvalue weighted by Gasteiger charge is -2.20. The highest BCUT2D eigenvalue weighted by Crippen LogP contribution is 2.32. The summed E-state index contributed by atoms with van der Waals surface area (Å²) in [6, 6.07) is 4.26. The van der Waals surface area contributed by atoms with Crippen molar-refractivity contribution in [3.63, 3.8) is 0 Å². The summed E-state index contributed by atoms with van der Waals surface area (Å²) in [6.07, 6.45) is 0. The molecule has 102 valence electrons. The van der Waals surface area contributed by atoms with Crippen molar-refractivity contribution < 1.29 is 9.90 Å². The Bertz CT molecular complexity index is 561. The number of carboxylic acid groups (broad SMARTS) is 1. The van der Waals surface area contributed by atoms with Crippen molar-refractivity contribution in [1.29, 1.82) is 0 Å². The molecule has 0 saturated carbocycles. The van der Waals surface area contributed by atoms with Crippen molar-refractivity contribution in [2.24, 2.45) is 5.92 Å². The number of thiazole rings is 1. The van der Waals surface area contributed by atoms with Crippen LogP contribution in [0.3, 0.4) is 0 Å². The molecular weight excluding hydrogens is 280 g/mol. The summed E-state index contributed by atoms with van der Waals surface area (Å²) in [7, 11) is 0. The van der Waals surface area contributed by atoms with Gasteiger partial charge in [-0.3, -0.25) is 0 Å². The number of nitrogens with one attached hydrogen (secondary N) is 1. The molecule has 0 aliphatic rings. The lowest BCUT2D eigenvalue weighted by molar-refractivity contribution is 0.0701. The fourth-order valence-electron chi connectivity index (χ4n) is 1.82. The lowest BCUT2D eigenvalue weighted by Crippen LogP contribution is -2.15. The molecule has 1 atom stereocenters. The smallest absolute Gasteiger partial charge is 0.347 e. The van der Waals surface area contributed by atoms with Crippen LogP contribution in [-0.2, 0) is 0 Å². The van der Waals surface area contributed by atoms with Crippen molar-refractivity contribution in [3.05, 3.63) is 33.0 Å². The van der Waals surface area contributed by atoms with Gasteiger partial charge in [0.15, 0.2) is 5.13 Å². The number of nitrogens with zero attached hydrogens (tertiary/aromatic N) is 1. The normalized spacial score (nSPS) is 12.6. The molecule has 0 aromatic carbocycles. The fourth-order valence-corrected chi connectivity index (χ4v) is 3.62.